The summed E-state index contributed by atoms with van der Waals surface area (Å²) in [7, 11) is 3.29. The van der Waals surface area contributed by atoms with Gasteiger partial charge in [-0.25, -0.2) is 0 Å². The molecule has 3 heterocycles. The van der Waals surface area contributed by atoms with Crippen LogP contribution in [0.4, 0.5) is 0 Å². The zero-order chi connectivity index (χ0) is 24.1. The van der Waals surface area contributed by atoms with Gasteiger partial charge in [-0.15, -0.1) is 0 Å². The summed E-state index contributed by atoms with van der Waals surface area (Å²) < 4.78 is 11.1. The van der Waals surface area contributed by atoms with E-state index in [1.165, 1.54) is 21.5 Å². The van der Waals surface area contributed by atoms with Crippen LogP contribution in [-0.2, 0) is 13.0 Å². The lowest BCUT2D eigenvalue weighted by Gasteiger charge is -2.23. The quantitative estimate of drug-likeness (QED) is 0.441. The molecule has 0 radical (unpaired) electrons. The topological polar surface area (TPSA) is 88.2 Å². The van der Waals surface area contributed by atoms with Crippen molar-refractivity contribution in [1.82, 2.24) is 9.88 Å². The third kappa shape index (κ3) is 3.39. The number of ether oxygens (including phenoxy) is 2. The number of hydrogen-bond donors (Lipinski definition) is 2. The third-order valence-corrected chi connectivity index (χ3v) is 7.12. The van der Waals surface area contributed by atoms with Gasteiger partial charge in [0, 0.05) is 28.5 Å². The SMILES string of the molecule is COc1ccc2[nH]c3c(c2c1)CC[NH2+][C@@H]3c1ccc(OC)c(CN2C(=O)c3ccccc3C2=O)c1. The van der Waals surface area contributed by atoms with Crippen molar-refractivity contribution >= 4 is 22.7 Å². The van der Waals surface area contributed by atoms with E-state index in [4.69, 9.17) is 9.47 Å². The number of fused-ring (bicyclic) bond motifs is 4. The van der Waals surface area contributed by atoms with E-state index in [9.17, 15) is 9.59 Å². The van der Waals surface area contributed by atoms with Crippen molar-refractivity contribution in [2.24, 2.45) is 0 Å². The van der Waals surface area contributed by atoms with Crippen LogP contribution in [0, 0.1) is 0 Å². The highest BCUT2D eigenvalue weighted by Crippen LogP contribution is 2.35. The molecule has 0 aliphatic carbocycles. The van der Waals surface area contributed by atoms with Crippen LogP contribution in [0.25, 0.3) is 10.9 Å². The molecule has 2 amide bonds. The van der Waals surface area contributed by atoms with E-state index in [-0.39, 0.29) is 24.4 Å². The lowest BCUT2D eigenvalue weighted by Crippen LogP contribution is -2.87. The van der Waals surface area contributed by atoms with E-state index in [1.54, 1.807) is 38.5 Å². The zero-order valence-electron chi connectivity index (χ0n) is 19.6. The Bertz CT molecular complexity index is 1450. The van der Waals surface area contributed by atoms with Gasteiger partial charge in [0.1, 0.15) is 11.5 Å². The fourth-order valence-electron chi connectivity index (χ4n) is 5.39. The molecule has 7 nitrogen and oxygen atoms in total. The molecule has 0 fully saturated rings. The molecule has 3 aromatic carbocycles. The molecular weight excluding hydrogens is 442 g/mol. The lowest BCUT2D eigenvalue weighted by atomic mass is 9.93. The number of carbonyl (C=O) groups excluding carboxylic acids is 2. The Balaban J connectivity index is 1.37. The highest BCUT2D eigenvalue weighted by molar-refractivity contribution is 6.21. The first kappa shape index (κ1) is 21.4. The van der Waals surface area contributed by atoms with Crippen molar-refractivity contribution in [1.29, 1.82) is 0 Å². The molecule has 4 aromatic rings. The van der Waals surface area contributed by atoms with E-state index in [0.717, 1.165) is 35.4 Å². The summed E-state index contributed by atoms with van der Waals surface area (Å²) in [6.07, 6.45) is 0.969. The van der Waals surface area contributed by atoms with Crippen molar-refractivity contribution in [3.05, 3.63) is 94.2 Å². The van der Waals surface area contributed by atoms with Gasteiger partial charge in [0.15, 0.2) is 6.04 Å². The number of carbonyl (C=O) groups is 2. The number of aromatic nitrogens is 1. The molecule has 0 bridgehead atoms. The average molecular weight is 469 g/mol. The summed E-state index contributed by atoms with van der Waals surface area (Å²) in [5, 5.41) is 3.51. The first-order chi connectivity index (χ1) is 17.1. The number of methoxy groups -OCH3 is 2. The molecule has 35 heavy (non-hydrogen) atoms. The number of H-pyrrole nitrogens is 1. The van der Waals surface area contributed by atoms with Gasteiger partial charge in [0.25, 0.3) is 11.8 Å². The van der Waals surface area contributed by atoms with Crippen molar-refractivity contribution in [3.8, 4) is 11.5 Å². The minimum Gasteiger partial charge on any atom is -0.497 e. The van der Waals surface area contributed by atoms with Crippen LogP contribution in [0.15, 0.2) is 60.7 Å². The Morgan fingerprint density at radius 3 is 2.46 bits per heavy atom. The number of nitrogens with two attached hydrogens (primary N) is 1. The average Bonchev–Trinajstić information content (AvgIpc) is 3.39. The van der Waals surface area contributed by atoms with Crippen molar-refractivity contribution in [2.75, 3.05) is 20.8 Å². The molecule has 1 atom stereocenters. The van der Waals surface area contributed by atoms with Crippen LogP contribution in [0.2, 0.25) is 0 Å². The molecule has 2 aliphatic rings. The minimum atomic E-state index is -0.269. The highest BCUT2D eigenvalue weighted by atomic mass is 16.5. The Kier molecular flexibility index (Phi) is 5.07. The fraction of sp³-hybridized carbons (Fsp3) is 0.214. The molecule has 176 valence electrons. The first-order valence-corrected chi connectivity index (χ1v) is 11.7. The molecule has 2 aliphatic heterocycles. The van der Waals surface area contributed by atoms with Gasteiger partial charge in [0.2, 0.25) is 0 Å². The molecule has 6 rings (SSSR count). The van der Waals surface area contributed by atoms with Crippen molar-refractivity contribution < 1.29 is 24.4 Å². The number of imide groups is 1. The molecule has 0 unspecified atom stereocenters. The number of quaternary nitrogens is 1. The second kappa shape index (κ2) is 8.29. The number of nitrogens with one attached hydrogen (secondary N) is 1. The van der Waals surface area contributed by atoms with Gasteiger partial charge in [-0.1, -0.05) is 12.1 Å². The van der Waals surface area contributed by atoms with E-state index in [2.05, 4.69) is 34.6 Å². The fourth-order valence-corrected chi connectivity index (χ4v) is 5.39. The number of rotatable bonds is 5. The second-order valence-corrected chi connectivity index (χ2v) is 8.99. The van der Waals surface area contributed by atoms with Gasteiger partial charge in [-0.2, -0.15) is 0 Å². The van der Waals surface area contributed by atoms with Gasteiger partial charge in [0.05, 0.1) is 44.1 Å². The molecule has 0 saturated carbocycles. The first-order valence-electron chi connectivity index (χ1n) is 11.7. The summed E-state index contributed by atoms with van der Waals surface area (Å²) in [4.78, 5) is 30.8. The molecule has 3 N–H and O–H groups in total. The van der Waals surface area contributed by atoms with E-state index >= 15 is 0 Å². The second-order valence-electron chi connectivity index (χ2n) is 8.99. The zero-order valence-corrected chi connectivity index (χ0v) is 19.6. The summed E-state index contributed by atoms with van der Waals surface area (Å²) >= 11 is 0. The summed E-state index contributed by atoms with van der Waals surface area (Å²) in [6.45, 7) is 1.12. The van der Waals surface area contributed by atoms with Gasteiger partial charge in [-0.3, -0.25) is 14.5 Å². The van der Waals surface area contributed by atoms with Crippen LogP contribution in [0.1, 0.15) is 49.1 Å². The van der Waals surface area contributed by atoms with Crippen LogP contribution in [0.3, 0.4) is 0 Å². The Hall–Kier alpha value is -4.10. The van der Waals surface area contributed by atoms with Crippen molar-refractivity contribution in [2.45, 2.75) is 19.0 Å². The lowest BCUT2D eigenvalue weighted by molar-refractivity contribution is -0.690. The van der Waals surface area contributed by atoms with Gasteiger partial charge in [-0.05, 0) is 54.1 Å². The minimum absolute atomic E-state index is 0.0731. The molecule has 1 aromatic heterocycles. The van der Waals surface area contributed by atoms with Gasteiger partial charge >= 0.3 is 0 Å². The Morgan fingerprint density at radius 2 is 1.74 bits per heavy atom. The smallest absolute Gasteiger partial charge is 0.261 e. The number of hydrogen-bond acceptors (Lipinski definition) is 4. The predicted molar refractivity (Wildman–Crippen MR) is 131 cm³/mol. The normalized spacial score (nSPS) is 17.0. The molecule has 0 saturated heterocycles. The highest BCUT2D eigenvalue weighted by Gasteiger charge is 2.36. The van der Waals surface area contributed by atoms with E-state index in [0.29, 0.717) is 16.9 Å². The summed E-state index contributed by atoms with van der Waals surface area (Å²) in [5.41, 5.74) is 6.38. The number of amides is 2. The largest absolute Gasteiger partial charge is 0.497 e. The standard InChI is InChI=1S/C28H25N3O4/c1-34-18-8-9-23-22(14-18)19-11-12-29-25(26(19)30-23)16-7-10-24(35-2)17(13-16)15-31-27(32)20-5-3-4-6-21(20)28(31)33/h3-10,13-14,25,29-30H,11-12,15H2,1-2H3/p+1/t25-/m1/s1. The monoisotopic (exact) mass is 468 g/mol. The van der Waals surface area contributed by atoms with Crippen LogP contribution < -0.4 is 14.8 Å². The number of benzene rings is 3. The molecular formula is C28H26N3O4+. The van der Waals surface area contributed by atoms with Crippen molar-refractivity contribution in [3.63, 3.8) is 0 Å². The number of aromatic amines is 1. The predicted octanol–water partition coefficient (Wildman–Crippen LogP) is 3.19. The summed E-state index contributed by atoms with van der Waals surface area (Å²) in [5.74, 6) is 0.962. The van der Waals surface area contributed by atoms with E-state index < -0.39 is 0 Å². The van der Waals surface area contributed by atoms with Crippen LogP contribution >= 0.6 is 0 Å². The maximum absolute atomic E-state index is 13.0. The Labute approximate surface area is 202 Å². The summed E-state index contributed by atoms with van der Waals surface area (Å²) in [6, 6.07) is 19.2. The van der Waals surface area contributed by atoms with E-state index in [1.807, 2.05) is 12.1 Å². The van der Waals surface area contributed by atoms with Gasteiger partial charge < -0.3 is 19.8 Å². The maximum Gasteiger partial charge on any atom is 0.261 e. The molecule has 7 heteroatoms. The van der Waals surface area contributed by atoms with Crippen LogP contribution in [-0.4, -0.2) is 42.5 Å². The third-order valence-electron chi connectivity index (χ3n) is 7.12. The maximum atomic E-state index is 13.0. The van der Waals surface area contributed by atoms with Crippen LogP contribution in [0.5, 0.6) is 11.5 Å². The molecule has 0 spiro atoms. The number of nitrogens with zero attached hydrogens (tertiary/aromatic N) is 1. The Morgan fingerprint density at radius 1 is 0.971 bits per heavy atom.